The number of aromatic nitrogens is 1. The number of carbonyl (C=O) groups is 1. The SMILES string of the molecule is CCOc1cc(CNC(=O)N(Cc2ccccc2O)CC2CCCO2)ccn1. The molecule has 2 amide bonds. The summed E-state index contributed by atoms with van der Waals surface area (Å²) in [5.41, 5.74) is 1.62. The molecule has 0 bridgehead atoms. The number of carbonyl (C=O) groups excluding carboxylic acids is 1. The predicted molar refractivity (Wildman–Crippen MR) is 105 cm³/mol. The number of urea groups is 1. The minimum Gasteiger partial charge on any atom is -0.508 e. The molecule has 28 heavy (non-hydrogen) atoms. The third kappa shape index (κ3) is 5.60. The van der Waals surface area contributed by atoms with Crippen LogP contribution in [0.2, 0.25) is 0 Å². The highest BCUT2D eigenvalue weighted by atomic mass is 16.5. The van der Waals surface area contributed by atoms with Crippen LogP contribution in [0.15, 0.2) is 42.6 Å². The number of hydrogen-bond acceptors (Lipinski definition) is 5. The van der Waals surface area contributed by atoms with E-state index in [-0.39, 0.29) is 17.9 Å². The van der Waals surface area contributed by atoms with Gasteiger partial charge in [-0.1, -0.05) is 18.2 Å². The number of hydrogen-bond donors (Lipinski definition) is 2. The molecule has 0 radical (unpaired) electrons. The minimum absolute atomic E-state index is 0.0297. The number of amides is 2. The molecule has 1 aromatic heterocycles. The summed E-state index contributed by atoms with van der Waals surface area (Å²) >= 11 is 0. The van der Waals surface area contributed by atoms with E-state index in [2.05, 4.69) is 10.3 Å². The summed E-state index contributed by atoms with van der Waals surface area (Å²) in [6.07, 6.45) is 3.64. The highest BCUT2D eigenvalue weighted by Crippen LogP contribution is 2.20. The molecule has 1 unspecified atom stereocenters. The highest BCUT2D eigenvalue weighted by molar-refractivity contribution is 5.74. The van der Waals surface area contributed by atoms with E-state index >= 15 is 0 Å². The third-order valence-electron chi connectivity index (χ3n) is 4.62. The largest absolute Gasteiger partial charge is 0.508 e. The van der Waals surface area contributed by atoms with Crippen LogP contribution in [0, 0.1) is 0 Å². The number of nitrogens with zero attached hydrogens (tertiary/aromatic N) is 2. The van der Waals surface area contributed by atoms with Crippen molar-refractivity contribution in [1.82, 2.24) is 15.2 Å². The van der Waals surface area contributed by atoms with Gasteiger partial charge in [0.25, 0.3) is 0 Å². The van der Waals surface area contributed by atoms with Crippen molar-refractivity contribution in [2.24, 2.45) is 0 Å². The van der Waals surface area contributed by atoms with Crippen LogP contribution < -0.4 is 10.1 Å². The monoisotopic (exact) mass is 385 g/mol. The van der Waals surface area contributed by atoms with E-state index in [0.29, 0.717) is 37.7 Å². The molecule has 1 aliphatic heterocycles. The van der Waals surface area contributed by atoms with Crippen LogP contribution >= 0.6 is 0 Å². The van der Waals surface area contributed by atoms with Crippen molar-refractivity contribution in [1.29, 1.82) is 0 Å². The van der Waals surface area contributed by atoms with E-state index in [0.717, 1.165) is 25.0 Å². The number of para-hydroxylation sites is 1. The maximum atomic E-state index is 12.9. The first-order valence-electron chi connectivity index (χ1n) is 9.64. The second kappa shape index (κ2) is 9.94. The second-order valence-electron chi connectivity index (χ2n) is 6.74. The lowest BCUT2D eigenvalue weighted by Crippen LogP contribution is -2.43. The van der Waals surface area contributed by atoms with Crippen molar-refractivity contribution in [2.75, 3.05) is 19.8 Å². The van der Waals surface area contributed by atoms with E-state index in [4.69, 9.17) is 9.47 Å². The van der Waals surface area contributed by atoms with Gasteiger partial charge in [0.05, 0.1) is 19.3 Å². The van der Waals surface area contributed by atoms with Crippen LogP contribution in [0.1, 0.15) is 30.9 Å². The van der Waals surface area contributed by atoms with E-state index in [1.165, 1.54) is 0 Å². The Labute approximate surface area is 165 Å². The van der Waals surface area contributed by atoms with Crippen LogP contribution in [-0.2, 0) is 17.8 Å². The van der Waals surface area contributed by atoms with Crippen molar-refractivity contribution in [3.63, 3.8) is 0 Å². The third-order valence-corrected chi connectivity index (χ3v) is 4.62. The summed E-state index contributed by atoms with van der Waals surface area (Å²) in [6, 6.07) is 10.5. The van der Waals surface area contributed by atoms with Gasteiger partial charge in [0, 0.05) is 37.5 Å². The first-order chi connectivity index (χ1) is 13.7. The molecule has 2 heterocycles. The van der Waals surface area contributed by atoms with Crippen LogP contribution in [-0.4, -0.2) is 46.9 Å². The number of pyridine rings is 1. The molecule has 1 saturated heterocycles. The number of benzene rings is 1. The average Bonchev–Trinajstić information content (AvgIpc) is 3.21. The lowest BCUT2D eigenvalue weighted by molar-refractivity contribution is 0.0792. The fraction of sp³-hybridized carbons (Fsp3) is 0.429. The Morgan fingerprint density at radius 2 is 2.25 bits per heavy atom. The van der Waals surface area contributed by atoms with E-state index in [1.807, 2.05) is 31.2 Å². The molecule has 0 spiro atoms. The Hall–Kier alpha value is -2.80. The minimum atomic E-state index is -0.200. The Balaban J connectivity index is 1.65. The zero-order valence-corrected chi connectivity index (χ0v) is 16.1. The molecular weight excluding hydrogens is 358 g/mol. The van der Waals surface area contributed by atoms with E-state index in [1.54, 1.807) is 23.2 Å². The summed E-state index contributed by atoms with van der Waals surface area (Å²) in [6.45, 7) is 4.34. The Bertz CT molecular complexity index is 778. The molecule has 7 heteroatoms. The van der Waals surface area contributed by atoms with Crippen molar-refractivity contribution in [3.05, 3.63) is 53.7 Å². The van der Waals surface area contributed by atoms with Crippen molar-refractivity contribution in [3.8, 4) is 11.6 Å². The lowest BCUT2D eigenvalue weighted by Gasteiger charge is -2.26. The maximum absolute atomic E-state index is 12.9. The Morgan fingerprint density at radius 3 is 3.00 bits per heavy atom. The van der Waals surface area contributed by atoms with Gasteiger partial charge >= 0.3 is 6.03 Å². The fourth-order valence-electron chi connectivity index (χ4n) is 3.18. The summed E-state index contributed by atoms with van der Waals surface area (Å²) in [5, 5.41) is 13.0. The van der Waals surface area contributed by atoms with Crippen LogP contribution in [0.4, 0.5) is 4.79 Å². The summed E-state index contributed by atoms with van der Waals surface area (Å²) in [5.74, 6) is 0.725. The Morgan fingerprint density at radius 1 is 1.39 bits per heavy atom. The van der Waals surface area contributed by atoms with Gasteiger partial charge in [0.15, 0.2) is 0 Å². The normalized spacial score (nSPS) is 16.0. The molecule has 2 N–H and O–H groups in total. The van der Waals surface area contributed by atoms with Crippen molar-refractivity contribution in [2.45, 2.75) is 39.0 Å². The molecule has 1 fully saturated rings. The molecule has 7 nitrogen and oxygen atoms in total. The molecule has 1 atom stereocenters. The lowest BCUT2D eigenvalue weighted by atomic mass is 10.1. The number of rotatable bonds is 8. The molecule has 1 aromatic carbocycles. The van der Waals surface area contributed by atoms with Crippen molar-refractivity contribution < 1.29 is 19.4 Å². The molecule has 0 saturated carbocycles. The number of ether oxygens (including phenoxy) is 2. The number of phenols is 1. The number of phenolic OH excluding ortho intramolecular Hbond substituents is 1. The van der Waals surface area contributed by atoms with E-state index < -0.39 is 0 Å². The molecule has 3 rings (SSSR count). The fourth-order valence-corrected chi connectivity index (χ4v) is 3.18. The number of nitrogens with one attached hydrogen (secondary N) is 1. The van der Waals surface area contributed by atoms with Crippen molar-refractivity contribution >= 4 is 6.03 Å². The predicted octanol–water partition coefficient (Wildman–Crippen LogP) is 3.08. The first-order valence-corrected chi connectivity index (χ1v) is 9.64. The van der Waals surface area contributed by atoms with Gasteiger partial charge in [-0.3, -0.25) is 0 Å². The van der Waals surface area contributed by atoms with Crippen LogP contribution in [0.3, 0.4) is 0 Å². The zero-order valence-electron chi connectivity index (χ0n) is 16.1. The maximum Gasteiger partial charge on any atom is 0.318 e. The van der Waals surface area contributed by atoms with Gasteiger partial charge in [-0.25, -0.2) is 9.78 Å². The topological polar surface area (TPSA) is 83.9 Å². The zero-order chi connectivity index (χ0) is 19.8. The average molecular weight is 385 g/mol. The molecule has 1 aliphatic rings. The molecule has 150 valence electrons. The molecule has 0 aliphatic carbocycles. The van der Waals surface area contributed by atoms with Gasteiger partial charge in [-0.15, -0.1) is 0 Å². The second-order valence-corrected chi connectivity index (χ2v) is 6.74. The van der Waals surface area contributed by atoms with Crippen LogP contribution in [0.5, 0.6) is 11.6 Å². The number of aromatic hydroxyl groups is 1. The van der Waals surface area contributed by atoms with Gasteiger partial charge in [-0.05, 0) is 37.5 Å². The van der Waals surface area contributed by atoms with Gasteiger partial charge < -0.3 is 24.8 Å². The summed E-state index contributed by atoms with van der Waals surface area (Å²) in [4.78, 5) is 18.7. The van der Waals surface area contributed by atoms with E-state index in [9.17, 15) is 9.90 Å². The molecule has 2 aromatic rings. The van der Waals surface area contributed by atoms with Crippen LogP contribution in [0.25, 0.3) is 0 Å². The quantitative estimate of drug-likeness (QED) is 0.730. The van der Waals surface area contributed by atoms with Gasteiger partial charge in [-0.2, -0.15) is 0 Å². The van der Waals surface area contributed by atoms with Gasteiger partial charge in [0.1, 0.15) is 5.75 Å². The smallest absolute Gasteiger partial charge is 0.318 e. The highest BCUT2D eigenvalue weighted by Gasteiger charge is 2.23. The van der Waals surface area contributed by atoms with Gasteiger partial charge in [0.2, 0.25) is 5.88 Å². The molecular formula is C21H27N3O4. The first kappa shape index (κ1) is 19.9. The summed E-state index contributed by atoms with van der Waals surface area (Å²) in [7, 11) is 0. The standard InChI is InChI=1S/C21H27N3O4/c1-2-27-20-12-16(9-10-22-20)13-23-21(26)24(15-18-7-5-11-28-18)14-17-6-3-4-8-19(17)25/h3-4,6,8-10,12,18,25H,2,5,7,11,13-15H2,1H3,(H,23,26). The summed E-state index contributed by atoms with van der Waals surface area (Å²) < 4.78 is 11.1. The Kier molecular flexibility index (Phi) is 7.08.